The van der Waals surface area contributed by atoms with Crippen LogP contribution in [0.3, 0.4) is 0 Å². The van der Waals surface area contributed by atoms with Crippen LogP contribution in [0.15, 0.2) is 55.0 Å². The number of pyridine rings is 1. The Kier molecular flexibility index (Phi) is 5.15. The first kappa shape index (κ1) is 18.1. The van der Waals surface area contributed by atoms with E-state index in [2.05, 4.69) is 25.5 Å². The van der Waals surface area contributed by atoms with Crippen molar-refractivity contribution in [3.8, 4) is 22.9 Å². The van der Waals surface area contributed by atoms with E-state index in [-0.39, 0.29) is 6.04 Å². The fourth-order valence-electron chi connectivity index (χ4n) is 3.94. The van der Waals surface area contributed by atoms with Crippen molar-refractivity contribution in [2.75, 3.05) is 39.5 Å². The molecule has 150 valence electrons. The monoisotopic (exact) mass is 392 g/mol. The SMILES string of the molecule is c1ccc([C@H](Cn2ccnc2-c2ccc3c(c2)OCCO3)N2CCOCC2)nc1. The van der Waals surface area contributed by atoms with Crippen molar-refractivity contribution in [2.45, 2.75) is 12.6 Å². The quantitative estimate of drug-likeness (QED) is 0.665. The van der Waals surface area contributed by atoms with Gasteiger partial charge in [0.05, 0.1) is 24.9 Å². The maximum Gasteiger partial charge on any atom is 0.162 e. The maximum atomic E-state index is 5.75. The molecule has 0 unspecified atom stereocenters. The van der Waals surface area contributed by atoms with Crippen LogP contribution < -0.4 is 9.47 Å². The van der Waals surface area contributed by atoms with Crippen molar-refractivity contribution in [1.29, 1.82) is 0 Å². The Balaban J connectivity index is 1.45. The molecule has 0 N–H and O–H groups in total. The number of benzene rings is 1. The minimum Gasteiger partial charge on any atom is -0.486 e. The summed E-state index contributed by atoms with van der Waals surface area (Å²) >= 11 is 0. The normalized spacial score (nSPS) is 17.8. The van der Waals surface area contributed by atoms with E-state index in [1.54, 1.807) is 0 Å². The lowest BCUT2D eigenvalue weighted by atomic mass is 10.1. The van der Waals surface area contributed by atoms with E-state index in [9.17, 15) is 0 Å². The highest BCUT2D eigenvalue weighted by Crippen LogP contribution is 2.34. The Morgan fingerprint density at radius 3 is 2.59 bits per heavy atom. The van der Waals surface area contributed by atoms with Gasteiger partial charge in [-0.05, 0) is 30.3 Å². The van der Waals surface area contributed by atoms with Crippen LogP contribution in [0.2, 0.25) is 0 Å². The smallest absolute Gasteiger partial charge is 0.162 e. The summed E-state index contributed by atoms with van der Waals surface area (Å²) in [6.45, 7) is 5.23. The van der Waals surface area contributed by atoms with Crippen molar-refractivity contribution in [3.63, 3.8) is 0 Å². The zero-order valence-corrected chi connectivity index (χ0v) is 16.2. The van der Waals surface area contributed by atoms with Gasteiger partial charge in [0.2, 0.25) is 0 Å². The molecule has 29 heavy (non-hydrogen) atoms. The Morgan fingerprint density at radius 2 is 1.76 bits per heavy atom. The van der Waals surface area contributed by atoms with Gasteiger partial charge in [0, 0.05) is 43.8 Å². The Labute approximate surface area is 169 Å². The van der Waals surface area contributed by atoms with Gasteiger partial charge >= 0.3 is 0 Å². The van der Waals surface area contributed by atoms with Gasteiger partial charge in [-0.1, -0.05) is 6.07 Å². The molecule has 1 saturated heterocycles. The molecule has 0 radical (unpaired) electrons. The van der Waals surface area contributed by atoms with Gasteiger partial charge < -0.3 is 18.8 Å². The number of imidazole rings is 1. The summed E-state index contributed by atoms with van der Waals surface area (Å²) in [5, 5.41) is 0. The summed E-state index contributed by atoms with van der Waals surface area (Å²) in [6, 6.07) is 12.3. The topological polar surface area (TPSA) is 61.6 Å². The lowest BCUT2D eigenvalue weighted by molar-refractivity contribution is 0.0115. The maximum absolute atomic E-state index is 5.75. The third-order valence-electron chi connectivity index (χ3n) is 5.40. The molecule has 1 atom stereocenters. The number of fused-ring (bicyclic) bond motifs is 1. The number of morpholine rings is 1. The van der Waals surface area contributed by atoms with E-state index in [4.69, 9.17) is 14.2 Å². The van der Waals surface area contributed by atoms with E-state index >= 15 is 0 Å². The van der Waals surface area contributed by atoms with Crippen molar-refractivity contribution in [2.24, 2.45) is 0 Å². The molecule has 3 aromatic rings. The van der Waals surface area contributed by atoms with Crippen molar-refractivity contribution in [1.82, 2.24) is 19.4 Å². The first-order valence-corrected chi connectivity index (χ1v) is 10.0. The van der Waals surface area contributed by atoms with Crippen LogP contribution in [0, 0.1) is 0 Å². The molecule has 5 rings (SSSR count). The average molecular weight is 392 g/mol. The molecule has 7 nitrogen and oxygen atoms in total. The van der Waals surface area contributed by atoms with Crippen LogP contribution in [0.5, 0.6) is 11.5 Å². The van der Waals surface area contributed by atoms with Crippen LogP contribution in [0.25, 0.3) is 11.4 Å². The second-order valence-corrected chi connectivity index (χ2v) is 7.18. The van der Waals surface area contributed by atoms with Gasteiger partial charge in [0.25, 0.3) is 0 Å². The molecule has 0 spiro atoms. The zero-order chi connectivity index (χ0) is 19.5. The minimum atomic E-state index is 0.158. The molecule has 1 fully saturated rings. The van der Waals surface area contributed by atoms with Crippen LogP contribution in [0.1, 0.15) is 11.7 Å². The van der Waals surface area contributed by atoms with Crippen molar-refractivity contribution < 1.29 is 14.2 Å². The van der Waals surface area contributed by atoms with Gasteiger partial charge in [0.15, 0.2) is 11.5 Å². The van der Waals surface area contributed by atoms with Gasteiger partial charge in [-0.2, -0.15) is 0 Å². The summed E-state index contributed by atoms with van der Waals surface area (Å²) in [7, 11) is 0. The van der Waals surface area contributed by atoms with Crippen molar-refractivity contribution >= 4 is 0 Å². The second-order valence-electron chi connectivity index (χ2n) is 7.18. The number of rotatable bonds is 5. The van der Waals surface area contributed by atoms with Crippen LogP contribution >= 0.6 is 0 Å². The first-order valence-electron chi connectivity index (χ1n) is 10.0. The molecule has 4 heterocycles. The standard InChI is InChI=1S/C22H24N4O3/c1-2-6-23-18(3-1)19(25-9-11-27-12-10-25)16-26-8-7-24-22(26)17-4-5-20-21(15-17)29-14-13-28-20/h1-8,15,19H,9-14,16H2/t19-/m0/s1. The third-order valence-corrected chi connectivity index (χ3v) is 5.40. The molecule has 0 saturated carbocycles. The van der Waals surface area contributed by atoms with Crippen LogP contribution in [-0.4, -0.2) is 59.0 Å². The van der Waals surface area contributed by atoms with Crippen LogP contribution in [0.4, 0.5) is 0 Å². The van der Waals surface area contributed by atoms with E-state index in [0.717, 1.165) is 61.4 Å². The van der Waals surface area contributed by atoms with Gasteiger partial charge in [0.1, 0.15) is 19.0 Å². The Hall–Kier alpha value is -2.90. The van der Waals surface area contributed by atoms with Crippen molar-refractivity contribution in [3.05, 3.63) is 60.7 Å². The fourth-order valence-corrected chi connectivity index (χ4v) is 3.94. The number of ether oxygens (including phenoxy) is 3. The minimum absolute atomic E-state index is 0.158. The molecular weight excluding hydrogens is 368 g/mol. The fraction of sp³-hybridized carbons (Fsp3) is 0.364. The summed E-state index contributed by atoms with van der Waals surface area (Å²) < 4.78 is 19.2. The predicted octanol–water partition coefficient (Wildman–Crippen LogP) is 2.79. The molecule has 1 aromatic carbocycles. The van der Waals surface area contributed by atoms with E-state index in [1.165, 1.54) is 0 Å². The average Bonchev–Trinajstić information content (AvgIpc) is 3.26. The predicted molar refractivity (Wildman–Crippen MR) is 108 cm³/mol. The molecule has 0 aliphatic carbocycles. The highest BCUT2D eigenvalue weighted by molar-refractivity contribution is 5.61. The number of hydrogen-bond donors (Lipinski definition) is 0. The second kappa shape index (κ2) is 8.23. The first-order chi connectivity index (χ1) is 14.4. The van der Waals surface area contributed by atoms with Crippen LogP contribution in [-0.2, 0) is 11.3 Å². The summed E-state index contributed by atoms with van der Waals surface area (Å²) in [5.74, 6) is 2.48. The Bertz CT molecular complexity index is 954. The van der Waals surface area contributed by atoms with Gasteiger partial charge in [-0.15, -0.1) is 0 Å². The molecule has 0 bridgehead atoms. The number of aromatic nitrogens is 3. The molecule has 2 aliphatic rings. The highest BCUT2D eigenvalue weighted by Gasteiger charge is 2.25. The lowest BCUT2D eigenvalue weighted by Crippen LogP contribution is -2.41. The molecular formula is C22H24N4O3. The number of nitrogens with zero attached hydrogens (tertiary/aromatic N) is 4. The molecule has 2 aliphatic heterocycles. The summed E-state index contributed by atoms with van der Waals surface area (Å²) in [4.78, 5) is 11.7. The van der Waals surface area contributed by atoms with E-state index in [0.29, 0.717) is 13.2 Å². The summed E-state index contributed by atoms with van der Waals surface area (Å²) in [6.07, 6.45) is 5.74. The lowest BCUT2D eigenvalue weighted by Gasteiger charge is -2.34. The van der Waals surface area contributed by atoms with E-state index < -0.39 is 0 Å². The van der Waals surface area contributed by atoms with Gasteiger partial charge in [-0.3, -0.25) is 9.88 Å². The summed E-state index contributed by atoms with van der Waals surface area (Å²) in [5.41, 5.74) is 2.08. The zero-order valence-electron chi connectivity index (χ0n) is 16.2. The van der Waals surface area contributed by atoms with E-state index in [1.807, 2.05) is 48.9 Å². The molecule has 2 aromatic heterocycles. The molecule has 7 heteroatoms. The van der Waals surface area contributed by atoms with Gasteiger partial charge in [-0.25, -0.2) is 4.98 Å². The number of hydrogen-bond acceptors (Lipinski definition) is 6. The largest absolute Gasteiger partial charge is 0.486 e. The Morgan fingerprint density at radius 1 is 0.897 bits per heavy atom. The third kappa shape index (κ3) is 3.83. The molecule has 0 amide bonds. The highest BCUT2D eigenvalue weighted by atomic mass is 16.6.